The van der Waals surface area contributed by atoms with Crippen LogP contribution in [0.15, 0.2) is 18.3 Å². The number of aromatic amines is 1. The Bertz CT molecular complexity index is 547. The van der Waals surface area contributed by atoms with Gasteiger partial charge in [-0.25, -0.2) is 0 Å². The maximum absolute atomic E-state index is 10.7. The number of aliphatic carboxylic acids is 1. The number of methoxy groups -OCH3 is 1. The summed E-state index contributed by atoms with van der Waals surface area (Å²) < 4.78 is 5.09. The van der Waals surface area contributed by atoms with E-state index in [0.717, 1.165) is 16.5 Å². The van der Waals surface area contributed by atoms with Crippen molar-refractivity contribution in [1.82, 2.24) is 4.98 Å². The van der Waals surface area contributed by atoms with E-state index in [-0.39, 0.29) is 6.42 Å². The van der Waals surface area contributed by atoms with E-state index in [1.807, 2.05) is 0 Å². The minimum atomic E-state index is -0.866. The molecule has 4 nitrogen and oxygen atoms in total. The quantitative estimate of drug-likeness (QED) is 0.865. The SMILES string of the molecule is COc1cc2c(CC(=O)O)c[nH]c2cc1Cl. The zero-order valence-corrected chi connectivity index (χ0v) is 9.34. The number of rotatable bonds is 3. The minimum Gasteiger partial charge on any atom is -0.495 e. The number of benzene rings is 1. The molecule has 0 fully saturated rings. The summed E-state index contributed by atoms with van der Waals surface area (Å²) in [4.78, 5) is 13.6. The van der Waals surface area contributed by atoms with Crippen LogP contribution < -0.4 is 4.74 Å². The normalized spacial score (nSPS) is 10.6. The van der Waals surface area contributed by atoms with Gasteiger partial charge in [0.1, 0.15) is 5.75 Å². The van der Waals surface area contributed by atoms with Crippen LogP contribution in [0, 0.1) is 0 Å². The van der Waals surface area contributed by atoms with Gasteiger partial charge in [0.2, 0.25) is 0 Å². The first-order valence-corrected chi connectivity index (χ1v) is 5.05. The van der Waals surface area contributed by atoms with E-state index in [9.17, 15) is 4.79 Å². The first-order chi connectivity index (χ1) is 7.61. The molecule has 0 aliphatic rings. The van der Waals surface area contributed by atoms with Crippen LogP contribution in [0.4, 0.5) is 0 Å². The summed E-state index contributed by atoms with van der Waals surface area (Å²) >= 11 is 5.96. The van der Waals surface area contributed by atoms with Gasteiger partial charge in [-0.1, -0.05) is 11.6 Å². The van der Waals surface area contributed by atoms with E-state index in [1.165, 1.54) is 7.11 Å². The minimum absolute atomic E-state index is 0.0230. The second-order valence-electron chi connectivity index (χ2n) is 3.42. The largest absolute Gasteiger partial charge is 0.495 e. The molecule has 0 atom stereocenters. The molecular formula is C11H10ClNO3. The highest BCUT2D eigenvalue weighted by Crippen LogP contribution is 2.31. The fourth-order valence-corrected chi connectivity index (χ4v) is 1.89. The molecular weight excluding hydrogens is 230 g/mol. The van der Waals surface area contributed by atoms with Gasteiger partial charge in [-0.05, 0) is 17.7 Å². The molecule has 0 bridgehead atoms. The third kappa shape index (κ3) is 1.84. The van der Waals surface area contributed by atoms with E-state index in [1.54, 1.807) is 18.3 Å². The Morgan fingerprint density at radius 1 is 1.56 bits per heavy atom. The zero-order valence-electron chi connectivity index (χ0n) is 8.58. The molecule has 0 saturated heterocycles. The van der Waals surface area contributed by atoms with Crippen LogP contribution in [0.25, 0.3) is 10.9 Å². The predicted octanol–water partition coefficient (Wildman–Crippen LogP) is 2.46. The first-order valence-electron chi connectivity index (χ1n) is 4.67. The molecule has 1 aromatic carbocycles. The Morgan fingerprint density at radius 2 is 2.31 bits per heavy atom. The molecule has 0 aliphatic carbocycles. The number of aromatic nitrogens is 1. The maximum Gasteiger partial charge on any atom is 0.307 e. The third-order valence-corrected chi connectivity index (χ3v) is 2.68. The van der Waals surface area contributed by atoms with E-state index in [4.69, 9.17) is 21.4 Å². The smallest absolute Gasteiger partial charge is 0.307 e. The number of fused-ring (bicyclic) bond motifs is 1. The zero-order chi connectivity index (χ0) is 11.7. The summed E-state index contributed by atoms with van der Waals surface area (Å²) in [5.41, 5.74) is 1.53. The van der Waals surface area contributed by atoms with Crippen molar-refractivity contribution < 1.29 is 14.6 Å². The number of hydrogen-bond donors (Lipinski definition) is 2. The van der Waals surface area contributed by atoms with Crippen molar-refractivity contribution in [3.05, 3.63) is 28.9 Å². The van der Waals surface area contributed by atoms with Crippen molar-refractivity contribution in [2.24, 2.45) is 0 Å². The Labute approximate surface area is 96.8 Å². The average Bonchev–Trinajstić information content (AvgIpc) is 2.59. The molecule has 2 N–H and O–H groups in total. The molecule has 0 aliphatic heterocycles. The number of ether oxygens (including phenoxy) is 1. The summed E-state index contributed by atoms with van der Waals surface area (Å²) in [6, 6.07) is 3.47. The number of H-pyrrole nitrogens is 1. The van der Waals surface area contributed by atoms with E-state index in [2.05, 4.69) is 4.98 Å². The van der Waals surface area contributed by atoms with Crippen molar-refractivity contribution in [3.63, 3.8) is 0 Å². The molecule has 0 unspecified atom stereocenters. The summed E-state index contributed by atoms with van der Waals surface area (Å²) in [6.07, 6.45) is 1.65. The molecule has 84 valence electrons. The fraction of sp³-hybridized carbons (Fsp3) is 0.182. The highest BCUT2D eigenvalue weighted by Gasteiger charge is 2.10. The van der Waals surface area contributed by atoms with Gasteiger partial charge in [0.25, 0.3) is 0 Å². The monoisotopic (exact) mass is 239 g/mol. The first kappa shape index (κ1) is 10.8. The summed E-state index contributed by atoms with van der Waals surface area (Å²) in [5.74, 6) is -0.324. The predicted molar refractivity (Wildman–Crippen MR) is 61.2 cm³/mol. The van der Waals surface area contributed by atoms with Gasteiger partial charge in [0, 0.05) is 17.1 Å². The lowest BCUT2D eigenvalue weighted by Crippen LogP contribution is -1.98. The maximum atomic E-state index is 10.7. The van der Waals surface area contributed by atoms with Crippen LogP contribution >= 0.6 is 11.6 Å². The van der Waals surface area contributed by atoms with Crippen molar-refractivity contribution in [1.29, 1.82) is 0 Å². The second kappa shape index (κ2) is 4.06. The molecule has 16 heavy (non-hydrogen) atoms. The average molecular weight is 240 g/mol. The molecule has 1 heterocycles. The van der Waals surface area contributed by atoms with Gasteiger partial charge in [-0.2, -0.15) is 0 Å². The van der Waals surface area contributed by atoms with Crippen LogP contribution in [-0.2, 0) is 11.2 Å². The van der Waals surface area contributed by atoms with E-state index in [0.29, 0.717) is 10.8 Å². The molecule has 0 spiro atoms. The topological polar surface area (TPSA) is 62.3 Å². The van der Waals surface area contributed by atoms with Crippen LogP contribution in [0.1, 0.15) is 5.56 Å². The lowest BCUT2D eigenvalue weighted by molar-refractivity contribution is -0.136. The van der Waals surface area contributed by atoms with Crippen LogP contribution in [0.5, 0.6) is 5.75 Å². The number of carboxylic acids is 1. The lowest BCUT2D eigenvalue weighted by atomic mass is 10.1. The summed E-state index contributed by atoms with van der Waals surface area (Å²) in [7, 11) is 1.52. The molecule has 0 radical (unpaired) electrons. The fourth-order valence-electron chi connectivity index (χ4n) is 1.65. The van der Waals surface area contributed by atoms with E-state index >= 15 is 0 Å². The highest BCUT2D eigenvalue weighted by atomic mass is 35.5. The third-order valence-electron chi connectivity index (χ3n) is 2.38. The van der Waals surface area contributed by atoms with Gasteiger partial charge in [-0.3, -0.25) is 4.79 Å². The summed E-state index contributed by atoms with van der Waals surface area (Å²) in [6.45, 7) is 0. The van der Waals surface area contributed by atoms with Crippen LogP contribution in [-0.4, -0.2) is 23.2 Å². The molecule has 0 saturated carbocycles. The summed E-state index contributed by atoms with van der Waals surface area (Å²) in [5, 5.41) is 10.1. The molecule has 1 aromatic heterocycles. The number of halogens is 1. The molecule has 2 rings (SSSR count). The lowest BCUT2D eigenvalue weighted by Gasteiger charge is -2.03. The van der Waals surface area contributed by atoms with Gasteiger partial charge in [0.15, 0.2) is 0 Å². The highest BCUT2D eigenvalue weighted by molar-refractivity contribution is 6.32. The van der Waals surface area contributed by atoms with Crippen molar-refractivity contribution in [3.8, 4) is 5.75 Å². The van der Waals surface area contributed by atoms with Gasteiger partial charge < -0.3 is 14.8 Å². The standard InChI is InChI=1S/C11H10ClNO3/c1-16-10-3-7-6(2-11(14)15)5-13-9(7)4-8(10)12/h3-5,13H,2H2,1H3,(H,14,15). The Hall–Kier alpha value is -1.68. The number of nitrogens with one attached hydrogen (secondary N) is 1. The van der Waals surface area contributed by atoms with Gasteiger partial charge in [-0.15, -0.1) is 0 Å². The molecule has 0 amide bonds. The second-order valence-corrected chi connectivity index (χ2v) is 3.82. The van der Waals surface area contributed by atoms with Gasteiger partial charge in [0.05, 0.1) is 18.6 Å². The Balaban J connectivity index is 2.57. The molecule has 5 heteroatoms. The number of carboxylic acid groups (broad SMARTS) is 1. The Kier molecular flexibility index (Phi) is 2.75. The van der Waals surface area contributed by atoms with Crippen LogP contribution in [0.2, 0.25) is 5.02 Å². The number of hydrogen-bond acceptors (Lipinski definition) is 2. The van der Waals surface area contributed by atoms with E-state index < -0.39 is 5.97 Å². The number of carbonyl (C=O) groups is 1. The van der Waals surface area contributed by atoms with Crippen LogP contribution in [0.3, 0.4) is 0 Å². The van der Waals surface area contributed by atoms with Crippen molar-refractivity contribution in [2.75, 3.05) is 7.11 Å². The van der Waals surface area contributed by atoms with Gasteiger partial charge >= 0.3 is 5.97 Å². The van der Waals surface area contributed by atoms with Crippen molar-refractivity contribution >= 4 is 28.5 Å². The Morgan fingerprint density at radius 3 is 2.94 bits per heavy atom. The molecule has 2 aromatic rings. The van der Waals surface area contributed by atoms with Crippen molar-refractivity contribution in [2.45, 2.75) is 6.42 Å².